The van der Waals surface area contributed by atoms with Crippen LogP contribution >= 0.6 is 24.0 Å². The molecule has 0 unspecified atom stereocenters. The smallest absolute Gasteiger partial charge is 0.269 e. The highest BCUT2D eigenvalue weighted by atomic mass is 32.2. The van der Waals surface area contributed by atoms with Crippen molar-refractivity contribution in [2.24, 2.45) is 0 Å². The lowest BCUT2D eigenvalue weighted by Crippen LogP contribution is -2.50. The van der Waals surface area contributed by atoms with Crippen molar-refractivity contribution in [3.05, 3.63) is 57.2 Å². The zero-order valence-electron chi connectivity index (χ0n) is 16.2. The highest BCUT2D eigenvalue weighted by molar-refractivity contribution is 8.26. The van der Waals surface area contributed by atoms with Crippen LogP contribution in [0.25, 0.3) is 17.4 Å². The molecule has 166 valence electrons. The number of thiocarbonyl (C=S) groups is 1. The minimum atomic E-state index is -1.54. The fourth-order valence-corrected chi connectivity index (χ4v) is 4.34. The standard InChI is InChI=1S/C20H16N2O8S2/c23-17(24)3-1-2-14(19(26)27)21-18(25)16(32-20(21)31)10-13-8-9-15(30-13)11-4-6-12(7-5-11)22(28)29/h4-10,14H,1-3H2,(H,23,24)(H,26,27)/p-2/b16-10-/t14-/m1/s1. The van der Waals surface area contributed by atoms with E-state index in [9.17, 15) is 34.7 Å². The predicted octanol–water partition coefficient (Wildman–Crippen LogP) is 1.09. The van der Waals surface area contributed by atoms with Crippen molar-refractivity contribution in [1.82, 2.24) is 4.90 Å². The van der Waals surface area contributed by atoms with E-state index in [0.29, 0.717) is 17.1 Å². The summed E-state index contributed by atoms with van der Waals surface area (Å²) in [5.41, 5.74) is 0.527. The monoisotopic (exact) mass is 474 g/mol. The normalized spacial score (nSPS) is 15.9. The van der Waals surface area contributed by atoms with Gasteiger partial charge in [-0.25, -0.2) is 0 Å². The van der Waals surface area contributed by atoms with E-state index >= 15 is 0 Å². The number of hydrogen-bond acceptors (Lipinski definition) is 10. The number of non-ortho nitro benzene ring substituents is 1. The number of nitro groups is 1. The molecule has 12 heteroatoms. The van der Waals surface area contributed by atoms with Gasteiger partial charge in [0.15, 0.2) is 0 Å². The van der Waals surface area contributed by atoms with Gasteiger partial charge in [0.25, 0.3) is 11.6 Å². The van der Waals surface area contributed by atoms with E-state index in [1.807, 2.05) is 0 Å². The molecule has 0 spiro atoms. The third-order valence-electron chi connectivity index (χ3n) is 4.53. The van der Waals surface area contributed by atoms with Crippen molar-refractivity contribution in [3.8, 4) is 11.3 Å². The Kier molecular flexibility index (Phi) is 7.05. The number of nitrogens with zero attached hydrogens (tertiary/aromatic N) is 2. The molecule has 3 rings (SSSR count). The fraction of sp³-hybridized carbons (Fsp3) is 0.200. The second-order valence-corrected chi connectivity index (χ2v) is 8.33. The molecule has 2 heterocycles. The van der Waals surface area contributed by atoms with Crippen molar-refractivity contribution in [2.45, 2.75) is 25.3 Å². The van der Waals surface area contributed by atoms with Crippen LogP contribution in [0.3, 0.4) is 0 Å². The number of benzene rings is 1. The summed E-state index contributed by atoms with van der Waals surface area (Å²) >= 11 is 6.03. The quantitative estimate of drug-likeness (QED) is 0.223. The lowest BCUT2D eigenvalue weighted by atomic mass is 10.1. The maximum absolute atomic E-state index is 12.8. The molecule has 1 aliphatic heterocycles. The van der Waals surface area contributed by atoms with Gasteiger partial charge in [-0.15, -0.1) is 0 Å². The van der Waals surface area contributed by atoms with Crippen molar-refractivity contribution in [1.29, 1.82) is 0 Å². The zero-order valence-corrected chi connectivity index (χ0v) is 17.9. The molecular formula is C20H14N2O8S2-2. The van der Waals surface area contributed by atoms with Gasteiger partial charge in [0, 0.05) is 29.7 Å². The first-order chi connectivity index (χ1) is 15.2. The van der Waals surface area contributed by atoms with Gasteiger partial charge in [0.05, 0.1) is 21.8 Å². The van der Waals surface area contributed by atoms with Crippen molar-refractivity contribution < 1.29 is 33.9 Å². The number of aliphatic carboxylic acids is 2. The highest BCUT2D eigenvalue weighted by Gasteiger charge is 2.37. The molecule has 1 aromatic carbocycles. The largest absolute Gasteiger partial charge is 0.550 e. The summed E-state index contributed by atoms with van der Waals surface area (Å²) in [5, 5.41) is 32.9. The maximum Gasteiger partial charge on any atom is 0.269 e. The molecule has 2 aromatic rings. The third-order valence-corrected chi connectivity index (χ3v) is 5.86. The fourth-order valence-electron chi connectivity index (χ4n) is 3.00. The summed E-state index contributed by atoms with van der Waals surface area (Å²) in [5.74, 6) is -2.82. The van der Waals surface area contributed by atoms with Crippen LogP contribution in [-0.4, -0.2) is 38.0 Å². The van der Waals surface area contributed by atoms with E-state index < -0.39 is 28.8 Å². The van der Waals surface area contributed by atoms with Gasteiger partial charge >= 0.3 is 0 Å². The van der Waals surface area contributed by atoms with Crippen molar-refractivity contribution in [3.63, 3.8) is 0 Å². The molecule has 1 saturated heterocycles. The first kappa shape index (κ1) is 23.2. The van der Waals surface area contributed by atoms with Crippen LogP contribution in [0, 0.1) is 10.1 Å². The van der Waals surface area contributed by atoms with E-state index in [0.717, 1.165) is 16.7 Å². The molecule has 0 bridgehead atoms. The Morgan fingerprint density at radius 2 is 1.88 bits per heavy atom. The number of carboxylic acid groups (broad SMARTS) is 2. The predicted molar refractivity (Wildman–Crippen MR) is 113 cm³/mol. The number of carbonyl (C=O) groups excluding carboxylic acids is 3. The number of furan rings is 1. The van der Waals surface area contributed by atoms with Gasteiger partial charge in [-0.1, -0.05) is 24.0 Å². The zero-order chi connectivity index (χ0) is 23.4. The van der Waals surface area contributed by atoms with Crippen LogP contribution in [0.2, 0.25) is 0 Å². The average Bonchev–Trinajstić information content (AvgIpc) is 3.30. The Balaban J connectivity index is 1.77. The summed E-state index contributed by atoms with van der Waals surface area (Å²) in [6, 6.07) is 7.53. The molecule has 0 radical (unpaired) electrons. The van der Waals surface area contributed by atoms with Gasteiger partial charge in [0.2, 0.25) is 0 Å². The van der Waals surface area contributed by atoms with E-state index in [1.54, 1.807) is 12.1 Å². The SMILES string of the molecule is O=C([O-])CCC[C@H](C(=O)[O-])N1C(=O)/C(=C/c2ccc(-c3ccc([N+](=O)[O-])cc3)o2)SC1=S. The first-order valence-electron chi connectivity index (χ1n) is 9.20. The molecule has 10 nitrogen and oxygen atoms in total. The summed E-state index contributed by atoms with van der Waals surface area (Å²) in [4.78, 5) is 46.1. The number of nitro benzene ring substituents is 1. The molecule has 1 atom stereocenters. The van der Waals surface area contributed by atoms with Gasteiger partial charge in [-0.2, -0.15) is 0 Å². The van der Waals surface area contributed by atoms with E-state index in [4.69, 9.17) is 16.6 Å². The first-order valence-corrected chi connectivity index (χ1v) is 10.4. The number of rotatable bonds is 9. The molecule has 0 saturated carbocycles. The second-order valence-electron chi connectivity index (χ2n) is 6.66. The Hall–Kier alpha value is -3.51. The van der Waals surface area contributed by atoms with Gasteiger partial charge < -0.3 is 24.2 Å². The Bertz CT molecular complexity index is 1120. The van der Waals surface area contributed by atoms with Crippen molar-refractivity contribution >= 4 is 57.9 Å². The van der Waals surface area contributed by atoms with Gasteiger partial charge in [-0.3, -0.25) is 19.8 Å². The summed E-state index contributed by atoms with van der Waals surface area (Å²) in [7, 11) is 0. The lowest BCUT2D eigenvalue weighted by Gasteiger charge is -2.27. The Morgan fingerprint density at radius 3 is 2.47 bits per heavy atom. The van der Waals surface area contributed by atoms with Crippen LogP contribution < -0.4 is 10.2 Å². The molecule has 1 aliphatic rings. The minimum absolute atomic E-state index is 0.00560. The van der Waals surface area contributed by atoms with Crippen LogP contribution in [0.4, 0.5) is 5.69 Å². The van der Waals surface area contributed by atoms with Crippen LogP contribution in [0.5, 0.6) is 0 Å². The number of thioether (sulfide) groups is 1. The second kappa shape index (κ2) is 9.75. The third kappa shape index (κ3) is 5.21. The molecule has 0 aliphatic carbocycles. The highest BCUT2D eigenvalue weighted by Crippen LogP contribution is 2.35. The topological polar surface area (TPSA) is 157 Å². The maximum atomic E-state index is 12.8. The summed E-state index contributed by atoms with van der Waals surface area (Å²) in [6.45, 7) is 0. The van der Waals surface area contributed by atoms with Crippen LogP contribution in [-0.2, 0) is 14.4 Å². The molecule has 1 amide bonds. The van der Waals surface area contributed by atoms with Crippen molar-refractivity contribution in [2.75, 3.05) is 0 Å². The molecular weight excluding hydrogens is 460 g/mol. The molecule has 1 aromatic heterocycles. The van der Waals surface area contributed by atoms with Gasteiger partial charge in [-0.05, 0) is 43.5 Å². The average molecular weight is 474 g/mol. The number of hydrogen-bond donors (Lipinski definition) is 0. The van der Waals surface area contributed by atoms with E-state index in [-0.39, 0.29) is 34.2 Å². The van der Waals surface area contributed by atoms with Crippen LogP contribution in [0.1, 0.15) is 25.0 Å². The number of carbonyl (C=O) groups is 3. The Labute approximate surface area is 190 Å². The Morgan fingerprint density at radius 1 is 1.19 bits per heavy atom. The number of carboxylic acids is 2. The molecule has 0 N–H and O–H groups in total. The van der Waals surface area contributed by atoms with E-state index in [2.05, 4.69) is 0 Å². The molecule has 1 fully saturated rings. The van der Waals surface area contributed by atoms with Gasteiger partial charge in [0.1, 0.15) is 15.8 Å². The van der Waals surface area contributed by atoms with Crippen LogP contribution in [0.15, 0.2) is 45.7 Å². The van der Waals surface area contributed by atoms with E-state index in [1.165, 1.54) is 30.3 Å². The number of amides is 1. The molecule has 32 heavy (non-hydrogen) atoms. The minimum Gasteiger partial charge on any atom is -0.550 e. The lowest BCUT2D eigenvalue weighted by molar-refractivity contribution is -0.384. The summed E-state index contributed by atoms with van der Waals surface area (Å²) in [6.07, 6.45) is 0.878. The summed E-state index contributed by atoms with van der Waals surface area (Å²) < 4.78 is 5.68.